The number of hydrogen-bond acceptors (Lipinski definition) is 5. The molecule has 1 N–H and O–H groups in total. The summed E-state index contributed by atoms with van der Waals surface area (Å²) >= 11 is 1.90. The molecule has 1 saturated heterocycles. The van der Waals surface area contributed by atoms with E-state index in [1.165, 1.54) is 41.3 Å². The Kier molecular flexibility index (Phi) is 5.48. The summed E-state index contributed by atoms with van der Waals surface area (Å²) < 4.78 is 8.07. The maximum Gasteiger partial charge on any atom is 0.103 e. The maximum atomic E-state index is 6.02. The molecule has 2 aromatic rings. The summed E-state index contributed by atoms with van der Waals surface area (Å²) in [6.45, 7) is 5.77. The number of thiazole rings is 1. The lowest BCUT2D eigenvalue weighted by Crippen LogP contribution is -2.25. The topological polar surface area (TPSA) is 52.0 Å². The van der Waals surface area contributed by atoms with Crippen LogP contribution in [0.4, 0.5) is 0 Å². The standard InChI is InChI=1S/C19H28N4OS/c1-2-23-17(7-9-22-23)18-15(8-10-24-18)11-20-12-16-13-21-19(25-16)14-5-3-4-6-14/h7,9,13-15,18,20H,2-6,8,10-12H2,1H3/t15-,18+/m0/s1. The van der Waals surface area contributed by atoms with Crippen LogP contribution in [0.2, 0.25) is 0 Å². The van der Waals surface area contributed by atoms with Crippen molar-refractivity contribution < 1.29 is 4.74 Å². The van der Waals surface area contributed by atoms with Gasteiger partial charge in [0.15, 0.2) is 0 Å². The summed E-state index contributed by atoms with van der Waals surface area (Å²) in [6.07, 6.45) is 10.6. The van der Waals surface area contributed by atoms with Crippen LogP contribution in [0.15, 0.2) is 18.5 Å². The lowest BCUT2D eigenvalue weighted by molar-refractivity contribution is 0.0830. The Morgan fingerprint density at radius 2 is 2.20 bits per heavy atom. The van der Waals surface area contributed by atoms with Crippen LogP contribution in [0.3, 0.4) is 0 Å². The van der Waals surface area contributed by atoms with E-state index in [1.807, 2.05) is 17.5 Å². The lowest BCUT2D eigenvalue weighted by Gasteiger charge is -2.19. The van der Waals surface area contributed by atoms with Crippen molar-refractivity contribution in [3.05, 3.63) is 34.0 Å². The van der Waals surface area contributed by atoms with Gasteiger partial charge in [-0.1, -0.05) is 12.8 Å². The quantitative estimate of drug-likeness (QED) is 0.814. The van der Waals surface area contributed by atoms with Crippen molar-refractivity contribution in [2.24, 2.45) is 5.92 Å². The van der Waals surface area contributed by atoms with Gasteiger partial charge in [0.05, 0.1) is 10.7 Å². The maximum absolute atomic E-state index is 6.02. The number of ether oxygens (including phenoxy) is 1. The third kappa shape index (κ3) is 3.81. The van der Waals surface area contributed by atoms with E-state index in [0.717, 1.165) is 38.6 Å². The van der Waals surface area contributed by atoms with Crippen molar-refractivity contribution in [2.45, 2.75) is 64.1 Å². The van der Waals surface area contributed by atoms with Gasteiger partial charge >= 0.3 is 0 Å². The molecule has 0 radical (unpaired) electrons. The second-order valence-corrected chi connectivity index (χ2v) is 8.34. The monoisotopic (exact) mass is 360 g/mol. The first-order chi connectivity index (χ1) is 12.3. The third-order valence-electron chi connectivity index (χ3n) is 5.54. The first-order valence-corrected chi connectivity index (χ1v) is 10.5. The Labute approximate surface area is 153 Å². The van der Waals surface area contributed by atoms with Crippen LogP contribution < -0.4 is 5.32 Å². The van der Waals surface area contributed by atoms with Crippen LogP contribution in [0, 0.1) is 5.92 Å². The number of aryl methyl sites for hydroxylation is 1. The second kappa shape index (κ2) is 7.98. The lowest BCUT2D eigenvalue weighted by atomic mass is 9.99. The van der Waals surface area contributed by atoms with Gasteiger partial charge in [0.1, 0.15) is 6.10 Å². The minimum atomic E-state index is 0.172. The Balaban J connectivity index is 1.30. The molecule has 0 bridgehead atoms. The van der Waals surface area contributed by atoms with E-state index in [4.69, 9.17) is 4.74 Å². The Morgan fingerprint density at radius 3 is 3.04 bits per heavy atom. The van der Waals surface area contributed by atoms with Crippen molar-refractivity contribution in [1.29, 1.82) is 0 Å². The highest BCUT2D eigenvalue weighted by atomic mass is 32.1. The van der Waals surface area contributed by atoms with Crippen molar-refractivity contribution in [3.63, 3.8) is 0 Å². The van der Waals surface area contributed by atoms with Gasteiger partial charge in [-0.25, -0.2) is 4.98 Å². The Bertz CT molecular complexity index is 677. The molecule has 0 amide bonds. The Hall–Kier alpha value is -1.24. The molecule has 0 spiro atoms. The molecule has 136 valence electrons. The van der Waals surface area contributed by atoms with Gasteiger partial charge in [0, 0.05) is 55.3 Å². The van der Waals surface area contributed by atoms with Gasteiger partial charge < -0.3 is 10.1 Å². The fourth-order valence-electron chi connectivity index (χ4n) is 4.17. The van der Waals surface area contributed by atoms with Crippen molar-refractivity contribution in [1.82, 2.24) is 20.1 Å². The third-order valence-corrected chi connectivity index (χ3v) is 6.70. The molecule has 2 aromatic heterocycles. The molecule has 6 heteroatoms. The molecular weight excluding hydrogens is 332 g/mol. The number of nitrogens with zero attached hydrogens (tertiary/aromatic N) is 3. The first-order valence-electron chi connectivity index (χ1n) is 9.63. The van der Waals surface area contributed by atoms with Crippen LogP contribution in [0.1, 0.15) is 66.6 Å². The molecule has 3 heterocycles. The smallest absolute Gasteiger partial charge is 0.103 e. The zero-order valence-corrected chi connectivity index (χ0v) is 15.8. The predicted molar refractivity (Wildman–Crippen MR) is 99.7 cm³/mol. The number of hydrogen-bond donors (Lipinski definition) is 1. The second-order valence-electron chi connectivity index (χ2n) is 7.19. The largest absolute Gasteiger partial charge is 0.372 e. The molecule has 1 aliphatic carbocycles. The molecule has 4 rings (SSSR count). The summed E-state index contributed by atoms with van der Waals surface area (Å²) in [5.74, 6) is 1.24. The van der Waals surface area contributed by atoms with Crippen LogP contribution in [0.5, 0.6) is 0 Å². The molecule has 2 fully saturated rings. The van der Waals surface area contributed by atoms with E-state index in [2.05, 4.69) is 39.3 Å². The van der Waals surface area contributed by atoms with Crippen LogP contribution in [0.25, 0.3) is 0 Å². The van der Waals surface area contributed by atoms with Crippen LogP contribution >= 0.6 is 11.3 Å². The molecule has 1 aliphatic heterocycles. The van der Waals surface area contributed by atoms with E-state index >= 15 is 0 Å². The fourth-order valence-corrected chi connectivity index (χ4v) is 5.22. The fraction of sp³-hybridized carbons (Fsp3) is 0.684. The van der Waals surface area contributed by atoms with Gasteiger partial charge in [0.25, 0.3) is 0 Å². The average molecular weight is 361 g/mol. The average Bonchev–Trinajstić information content (AvgIpc) is 3.39. The van der Waals surface area contributed by atoms with Gasteiger partial charge in [0.2, 0.25) is 0 Å². The van der Waals surface area contributed by atoms with Crippen molar-refractivity contribution >= 4 is 11.3 Å². The molecule has 5 nitrogen and oxygen atoms in total. The van der Waals surface area contributed by atoms with Gasteiger partial charge in [-0.05, 0) is 32.3 Å². The zero-order valence-electron chi connectivity index (χ0n) is 15.0. The molecule has 0 unspecified atom stereocenters. The number of rotatable bonds is 7. The van der Waals surface area contributed by atoms with E-state index in [0.29, 0.717) is 5.92 Å². The van der Waals surface area contributed by atoms with Crippen molar-refractivity contribution in [3.8, 4) is 0 Å². The Morgan fingerprint density at radius 1 is 1.32 bits per heavy atom. The summed E-state index contributed by atoms with van der Waals surface area (Å²) in [6, 6.07) is 2.10. The van der Waals surface area contributed by atoms with Gasteiger partial charge in [-0.3, -0.25) is 4.68 Å². The minimum Gasteiger partial charge on any atom is -0.372 e. The molecule has 0 aromatic carbocycles. The zero-order chi connectivity index (χ0) is 17.1. The first kappa shape index (κ1) is 17.2. The molecule has 2 atom stereocenters. The van der Waals surface area contributed by atoms with Crippen LogP contribution in [-0.2, 0) is 17.8 Å². The normalized spacial score (nSPS) is 24.4. The van der Waals surface area contributed by atoms with E-state index in [-0.39, 0.29) is 6.10 Å². The van der Waals surface area contributed by atoms with E-state index in [9.17, 15) is 0 Å². The van der Waals surface area contributed by atoms with Gasteiger partial charge in [-0.2, -0.15) is 5.10 Å². The molecule has 2 aliphatic rings. The van der Waals surface area contributed by atoms with E-state index < -0.39 is 0 Å². The van der Waals surface area contributed by atoms with E-state index in [1.54, 1.807) is 0 Å². The highest BCUT2D eigenvalue weighted by Gasteiger charge is 2.31. The summed E-state index contributed by atoms with van der Waals surface area (Å²) in [5.41, 5.74) is 1.22. The highest BCUT2D eigenvalue weighted by molar-refractivity contribution is 7.11. The minimum absolute atomic E-state index is 0.172. The summed E-state index contributed by atoms with van der Waals surface area (Å²) in [4.78, 5) is 6.03. The predicted octanol–water partition coefficient (Wildman–Crippen LogP) is 3.88. The van der Waals surface area contributed by atoms with Crippen molar-refractivity contribution in [2.75, 3.05) is 13.2 Å². The molecule has 25 heavy (non-hydrogen) atoms. The summed E-state index contributed by atoms with van der Waals surface area (Å²) in [5, 5.41) is 9.38. The molecular formula is C19H28N4OS. The number of aromatic nitrogens is 3. The van der Waals surface area contributed by atoms with Gasteiger partial charge in [-0.15, -0.1) is 11.3 Å². The highest BCUT2D eigenvalue weighted by Crippen LogP contribution is 2.36. The SMILES string of the molecule is CCn1nccc1[C@@H]1OCC[C@H]1CNCc1cnc(C2CCCC2)s1. The molecule has 1 saturated carbocycles. The summed E-state index contributed by atoms with van der Waals surface area (Å²) in [7, 11) is 0. The van der Waals surface area contributed by atoms with Crippen LogP contribution in [-0.4, -0.2) is 27.9 Å². The number of nitrogens with one attached hydrogen (secondary N) is 1.